The second-order valence-electron chi connectivity index (χ2n) is 10.6. The SMILES string of the molecule is Cc1noc(C)c1Cn1c(C#N)cc2cc(CN3CCC(Nc4ncnc5sc(CC(F)(F)F)cc45)CC3)ccc21. The highest BCUT2D eigenvalue weighted by Gasteiger charge is 2.29. The van der Waals surface area contributed by atoms with Crippen LogP contribution in [0.2, 0.25) is 0 Å². The maximum Gasteiger partial charge on any atom is 0.393 e. The minimum Gasteiger partial charge on any atom is -0.367 e. The summed E-state index contributed by atoms with van der Waals surface area (Å²) in [5.74, 6) is 1.35. The number of halogens is 3. The van der Waals surface area contributed by atoms with E-state index in [1.165, 1.54) is 11.9 Å². The average Bonchev–Trinajstić information content (AvgIpc) is 3.60. The van der Waals surface area contributed by atoms with Crippen LogP contribution >= 0.6 is 11.3 Å². The molecule has 1 saturated heterocycles. The van der Waals surface area contributed by atoms with E-state index in [2.05, 4.69) is 49.6 Å². The van der Waals surface area contributed by atoms with Crippen LogP contribution in [0.15, 0.2) is 41.2 Å². The molecule has 5 aromatic rings. The van der Waals surface area contributed by atoms with Crippen molar-refractivity contribution >= 4 is 38.3 Å². The maximum absolute atomic E-state index is 12.9. The third-order valence-electron chi connectivity index (χ3n) is 7.67. The van der Waals surface area contributed by atoms with Crippen LogP contribution in [0.25, 0.3) is 21.1 Å². The molecule has 0 spiro atoms. The predicted octanol–water partition coefficient (Wildman–Crippen LogP) is 6.35. The standard InChI is InChI=1S/C29H28F3N7OS/c1-17-25(18(2)40-37-17)15-39-22(13-33)10-20-9-19(3-4-26(20)39)14-38-7-5-21(6-8-38)36-27-24-11-23(12-29(30,31)32)41-28(24)35-16-34-27/h3-4,9-11,16,21H,5-8,12,14-15H2,1-2H3,(H,34,35,36). The van der Waals surface area contributed by atoms with Gasteiger partial charge in [-0.25, -0.2) is 9.97 Å². The van der Waals surface area contributed by atoms with E-state index in [9.17, 15) is 18.4 Å². The lowest BCUT2D eigenvalue weighted by atomic mass is 10.0. The summed E-state index contributed by atoms with van der Waals surface area (Å²) in [5, 5.41) is 18.9. The Morgan fingerprint density at radius 3 is 2.63 bits per heavy atom. The number of hydrogen-bond acceptors (Lipinski definition) is 8. The van der Waals surface area contributed by atoms with Gasteiger partial charge in [0.25, 0.3) is 0 Å². The zero-order chi connectivity index (χ0) is 28.7. The van der Waals surface area contributed by atoms with Crippen molar-refractivity contribution in [3.8, 4) is 6.07 Å². The number of anilines is 1. The summed E-state index contributed by atoms with van der Waals surface area (Å²) in [6.45, 7) is 6.87. The van der Waals surface area contributed by atoms with E-state index in [-0.39, 0.29) is 10.9 Å². The summed E-state index contributed by atoms with van der Waals surface area (Å²) in [6.07, 6.45) is -2.03. The molecule has 0 aliphatic carbocycles. The number of piperidine rings is 1. The number of aryl methyl sites for hydroxylation is 2. The normalized spacial score (nSPS) is 15.1. The van der Waals surface area contributed by atoms with Crippen LogP contribution in [0, 0.1) is 25.2 Å². The fourth-order valence-corrected chi connectivity index (χ4v) is 6.59. The Kier molecular flexibility index (Phi) is 7.17. The van der Waals surface area contributed by atoms with Crippen molar-refractivity contribution in [2.24, 2.45) is 0 Å². The van der Waals surface area contributed by atoms with Crippen LogP contribution in [0.5, 0.6) is 0 Å². The van der Waals surface area contributed by atoms with Crippen LogP contribution in [0.1, 0.15) is 46.0 Å². The monoisotopic (exact) mass is 579 g/mol. The molecule has 0 amide bonds. The van der Waals surface area contributed by atoms with E-state index in [1.807, 2.05) is 24.5 Å². The topological polar surface area (TPSA) is 95.8 Å². The molecule has 6 rings (SSSR count). The van der Waals surface area contributed by atoms with Gasteiger partial charge >= 0.3 is 6.18 Å². The summed E-state index contributed by atoms with van der Waals surface area (Å²) >= 11 is 1.06. The second-order valence-corrected chi connectivity index (χ2v) is 11.7. The molecule has 1 aromatic carbocycles. The number of rotatable bonds is 7. The number of likely N-dealkylation sites (tertiary alicyclic amines) is 1. The number of alkyl halides is 3. The molecule has 0 saturated carbocycles. The number of thiophene rings is 1. The van der Waals surface area contributed by atoms with Crippen LogP contribution in [0.4, 0.5) is 19.0 Å². The Balaban J connectivity index is 1.10. The van der Waals surface area contributed by atoms with E-state index in [4.69, 9.17) is 4.52 Å². The molecule has 0 unspecified atom stereocenters. The van der Waals surface area contributed by atoms with E-state index < -0.39 is 12.6 Å². The third-order valence-corrected chi connectivity index (χ3v) is 8.71. The fraction of sp³-hybridized carbons (Fsp3) is 0.379. The van der Waals surface area contributed by atoms with Crippen molar-refractivity contribution in [1.82, 2.24) is 24.6 Å². The van der Waals surface area contributed by atoms with Crippen LogP contribution < -0.4 is 5.32 Å². The highest BCUT2D eigenvalue weighted by atomic mass is 32.1. The minimum atomic E-state index is -4.25. The lowest BCUT2D eigenvalue weighted by Crippen LogP contribution is -2.38. The number of hydrogen-bond donors (Lipinski definition) is 1. The summed E-state index contributed by atoms with van der Waals surface area (Å²) in [5.41, 5.74) is 4.59. The van der Waals surface area contributed by atoms with Crippen molar-refractivity contribution in [1.29, 1.82) is 5.26 Å². The first-order chi connectivity index (χ1) is 19.7. The average molecular weight is 580 g/mol. The summed E-state index contributed by atoms with van der Waals surface area (Å²) < 4.78 is 45.9. The Morgan fingerprint density at radius 1 is 1.12 bits per heavy atom. The van der Waals surface area contributed by atoms with Gasteiger partial charge in [0.05, 0.1) is 24.0 Å². The number of benzene rings is 1. The van der Waals surface area contributed by atoms with E-state index in [1.54, 1.807) is 6.07 Å². The van der Waals surface area contributed by atoms with Crippen LogP contribution in [0.3, 0.4) is 0 Å². The Hall–Kier alpha value is -3.95. The highest BCUT2D eigenvalue weighted by molar-refractivity contribution is 7.18. The second kappa shape index (κ2) is 10.8. The molecular formula is C29H28F3N7OS. The molecule has 0 bridgehead atoms. The van der Waals surface area contributed by atoms with Gasteiger partial charge in [-0.3, -0.25) is 4.90 Å². The molecule has 4 aromatic heterocycles. The predicted molar refractivity (Wildman–Crippen MR) is 151 cm³/mol. The lowest BCUT2D eigenvalue weighted by molar-refractivity contribution is -0.126. The Morgan fingerprint density at radius 2 is 1.93 bits per heavy atom. The van der Waals surface area contributed by atoms with Crippen LogP contribution in [-0.4, -0.2) is 49.9 Å². The molecule has 1 aliphatic heterocycles. The van der Waals surface area contributed by atoms with Gasteiger partial charge in [-0.05, 0) is 56.5 Å². The maximum atomic E-state index is 12.9. The first-order valence-electron chi connectivity index (χ1n) is 13.4. The zero-order valence-corrected chi connectivity index (χ0v) is 23.4. The highest BCUT2D eigenvalue weighted by Crippen LogP contribution is 2.33. The van der Waals surface area contributed by atoms with Crippen molar-refractivity contribution < 1.29 is 17.7 Å². The summed E-state index contributed by atoms with van der Waals surface area (Å²) in [4.78, 5) is 11.7. The smallest absolute Gasteiger partial charge is 0.367 e. The molecule has 0 radical (unpaired) electrons. The largest absolute Gasteiger partial charge is 0.393 e. The lowest BCUT2D eigenvalue weighted by Gasteiger charge is -2.32. The van der Waals surface area contributed by atoms with Gasteiger partial charge in [0, 0.05) is 47.0 Å². The molecule has 1 aliphatic rings. The first-order valence-corrected chi connectivity index (χ1v) is 14.2. The quantitative estimate of drug-likeness (QED) is 0.240. The van der Waals surface area contributed by atoms with Gasteiger partial charge in [0.15, 0.2) is 0 Å². The number of fused-ring (bicyclic) bond motifs is 2. The number of nitrogens with zero attached hydrogens (tertiary/aromatic N) is 6. The molecule has 41 heavy (non-hydrogen) atoms. The summed E-state index contributed by atoms with van der Waals surface area (Å²) in [7, 11) is 0. The Bertz CT molecular complexity index is 1740. The van der Waals surface area contributed by atoms with E-state index in [0.29, 0.717) is 28.3 Å². The van der Waals surface area contributed by atoms with Crippen molar-refractivity contribution in [3.63, 3.8) is 0 Å². The van der Waals surface area contributed by atoms with Crippen molar-refractivity contribution in [3.05, 3.63) is 69.8 Å². The third kappa shape index (κ3) is 5.78. The Labute approximate surface area is 238 Å². The number of nitriles is 1. The minimum absolute atomic E-state index is 0.175. The molecular weight excluding hydrogens is 551 g/mol. The zero-order valence-electron chi connectivity index (χ0n) is 22.6. The van der Waals surface area contributed by atoms with Gasteiger partial charge < -0.3 is 14.4 Å². The molecule has 5 heterocycles. The summed E-state index contributed by atoms with van der Waals surface area (Å²) in [6, 6.07) is 12.3. The molecule has 1 N–H and O–H groups in total. The molecule has 0 atom stereocenters. The number of nitrogens with one attached hydrogen (secondary N) is 1. The van der Waals surface area contributed by atoms with Gasteiger partial charge in [-0.15, -0.1) is 11.3 Å². The van der Waals surface area contributed by atoms with E-state index >= 15 is 0 Å². The number of aromatic nitrogens is 4. The molecule has 8 nitrogen and oxygen atoms in total. The van der Waals surface area contributed by atoms with Crippen molar-refractivity contribution in [2.45, 2.75) is 58.4 Å². The van der Waals surface area contributed by atoms with Gasteiger partial charge in [-0.2, -0.15) is 18.4 Å². The van der Waals surface area contributed by atoms with E-state index in [0.717, 1.165) is 71.7 Å². The molecule has 1 fully saturated rings. The van der Waals surface area contributed by atoms with Gasteiger partial charge in [0.1, 0.15) is 34.5 Å². The van der Waals surface area contributed by atoms with Gasteiger partial charge in [-0.1, -0.05) is 11.2 Å². The van der Waals surface area contributed by atoms with Crippen LogP contribution in [-0.2, 0) is 19.5 Å². The molecule has 212 valence electrons. The fourth-order valence-electron chi connectivity index (χ4n) is 5.56. The van der Waals surface area contributed by atoms with Gasteiger partial charge in [0.2, 0.25) is 0 Å². The molecule has 12 heteroatoms. The first kappa shape index (κ1) is 27.2. The van der Waals surface area contributed by atoms with Crippen molar-refractivity contribution in [2.75, 3.05) is 18.4 Å².